The zero-order valence-electron chi connectivity index (χ0n) is 12.6. The van der Waals surface area contributed by atoms with Gasteiger partial charge in [-0.1, -0.05) is 41.1 Å². The van der Waals surface area contributed by atoms with Crippen LogP contribution in [-0.2, 0) is 0 Å². The van der Waals surface area contributed by atoms with E-state index in [9.17, 15) is 9.11 Å². The Morgan fingerprint density at radius 3 is 2.36 bits per heavy atom. The lowest BCUT2D eigenvalue weighted by molar-refractivity contribution is 0.204. The number of para-hydroxylation sites is 3. The van der Waals surface area contributed by atoms with Crippen LogP contribution in [0, 0.1) is 0 Å². The van der Waals surface area contributed by atoms with Crippen molar-refractivity contribution in [3.8, 4) is 5.75 Å². The third-order valence-electron chi connectivity index (χ3n) is 3.47. The van der Waals surface area contributed by atoms with Gasteiger partial charge in [-0.3, -0.25) is 9.11 Å². The first-order valence-corrected chi connectivity index (χ1v) is 8.59. The molecule has 3 rings (SSSR count). The number of anilines is 2. The fraction of sp³-hybridized carbons (Fsp3) is 0.250. The summed E-state index contributed by atoms with van der Waals surface area (Å²) in [5, 5.41) is 0. The van der Waals surface area contributed by atoms with Gasteiger partial charge in [0.25, 0.3) is 0 Å². The summed E-state index contributed by atoms with van der Waals surface area (Å²) in [6.07, 6.45) is 0. The van der Waals surface area contributed by atoms with E-state index in [0.717, 1.165) is 5.69 Å². The molecule has 0 saturated heterocycles. The van der Waals surface area contributed by atoms with Crippen molar-refractivity contribution >= 4 is 22.2 Å². The predicted molar refractivity (Wildman–Crippen MR) is 90.8 cm³/mol. The van der Waals surface area contributed by atoms with E-state index in [-0.39, 0.29) is 0 Å². The summed E-state index contributed by atoms with van der Waals surface area (Å²) in [6.45, 7) is 0.417. The maximum atomic E-state index is 10.9. The van der Waals surface area contributed by atoms with Gasteiger partial charge >= 0.3 is 0 Å². The van der Waals surface area contributed by atoms with Crippen molar-refractivity contribution in [1.82, 2.24) is 4.90 Å². The predicted octanol–water partition coefficient (Wildman–Crippen LogP) is 3.77. The second kappa shape index (κ2) is 5.81. The molecule has 1 aliphatic heterocycles. The molecule has 118 valence electrons. The van der Waals surface area contributed by atoms with E-state index in [0.29, 0.717) is 18.0 Å². The molecule has 0 saturated carbocycles. The molecular weight excluding hydrogens is 300 g/mol. The van der Waals surface area contributed by atoms with Crippen molar-refractivity contribution in [1.29, 1.82) is 0 Å². The Kier molecular flexibility index (Phi) is 4.01. The normalized spacial score (nSPS) is 21.1. The Morgan fingerprint density at radius 1 is 1.05 bits per heavy atom. The molecule has 5 nitrogen and oxygen atoms in total. The lowest BCUT2D eigenvalue weighted by atomic mass is 10.2. The first kappa shape index (κ1) is 15.2. The van der Waals surface area contributed by atoms with Gasteiger partial charge in [-0.25, -0.2) is 4.31 Å². The smallest absolute Gasteiger partial charge is 0.219 e. The summed E-state index contributed by atoms with van der Waals surface area (Å²) in [5.74, 6) is 0.657. The molecule has 1 heterocycles. The highest BCUT2D eigenvalue weighted by Crippen LogP contribution is 2.60. The maximum Gasteiger partial charge on any atom is 0.219 e. The zero-order chi connectivity index (χ0) is 15.7. The van der Waals surface area contributed by atoms with E-state index in [1.807, 2.05) is 73.6 Å². The van der Waals surface area contributed by atoms with Gasteiger partial charge in [-0.2, -0.15) is 0 Å². The molecule has 22 heavy (non-hydrogen) atoms. The minimum Gasteiger partial charge on any atom is -0.465 e. The van der Waals surface area contributed by atoms with Gasteiger partial charge < -0.3 is 9.64 Å². The lowest BCUT2D eigenvalue weighted by Gasteiger charge is -2.52. The average Bonchev–Trinajstić information content (AvgIpc) is 2.48. The van der Waals surface area contributed by atoms with E-state index in [2.05, 4.69) is 0 Å². The minimum atomic E-state index is -3.16. The first-order chi connectivity index (χ1) is 10.5. The van der Waals surface area contributed by atoms with E-state index in [1.54, 1.807) is 4.31 Å². The van der Waals surface area contributed by atoms with Crippen LogP contribution < -0.4 is 9.04 Å². The fourth-order valence-electron chi connectivity index (χ4n) is 2.49. The second-order valence-corrected chi connectivity index (χ2v) is 7.48. The van der Waals surface area contributed by atoms with Crippen LogP contribution in [0.4, 0.5) is 11.4 Å². The van der Waals surface area contributed by atoms with E-state index >= 15 is 0 Å². The first-order valence-electron chi connectivity index (χ1n) is 7.03. The Balaban J connectivity index is 2.11. The molecule has 0 aliphatic carbocycles. The summed E-state index contributed by atoms with van der Waals surface area (Å²) in [6, 6.07) is 16.8. The minimum absolute atomic E-state index is 0.417. The molecule has 2 aromatic carbocycles. The van der Waals surface area contributed by atoms with Crippen LogP contribution in [0.1, 0.15) is 0 Å². The molecule has 6 heteroatoms. The van der Waals surface area contributed by atoms with Crippen LogP contribution in [-0.4, -0.2) is 40.1 Å². The molecule has 1 aliphatic rings. The standard InChI is InChI=1S/C16H20N2O3S/c1-17(2)12-16-21-15-11-7-6-10-14(15)18(22(16,19)20)13-8-4-3-5-9-13/h3-11,16,19-20H,12H2,1-2H3. The largest absolute Gasteiger partial charge is 0.465 e. The molecule has 0 fully saturated rings. The Bertz CT molecular complexity index is 649. The summed E-state index contributed by atoms with van der Waals surface area (Å²) in [5.41, 5.74) is 0.698. The van der Waals surface area contributed by atoms with Crippen molar-refractivity contribution < 1.29 is 13.8 Å². The lowest BCUT2D eigenvalue weighted by Crippen LogP contribution is -2.44. The molecule has 0 aromatic heterocycles. The molecule has 0 radical (unpaired) electrons. The molecule has 1 atom stereocenters. The molecule has 1 unspecified atom stereocenters. The topological polar surface area (TPSA) is 56.2 Å². The molecular formula is C16H20N2O3S. The Morgan fingerprint density at radius 2 is 1.68 bits per heavy atom. The SMILES string of the molecule is CN(C)CC1Oc2ccccc2N(c2ccccc2)S1(O)O. The van der Waals surface area contributed by atoms with Crippen molar-refractivity contribution in [2.24, 2.45) is 0 Å². The number of rotatable bonds is 3. The highest BCUT2D eigenvalue weighted by molar-refractivity contribution is 8.26. The van der Waals surface area contributed by atoms with Crippen LogP contribution in [0.25, 0.3) is 0 Å². The number of hydrogen-bond donors (Lipinski definition) is 2. The van der Waals surface area contributed by atoms with Gasteiger partial charge in [-0.15, -0.1) is 0 Å². The van der Waals surface area contributed by atoms with Gasteiger partial charge in [0.15, 0.2) is 0 Å². The van der Waals surface area contributed by atoms with E-state index < -0.39 is 16.2 Å². The summed E-state index contributed by atoms with van der Waals surface area (Å²) < 4.78 is 29.2. The van der Waals surface area contributed by atoms with Crippen molar-refractivity contribution in [3.63, 3.8) is 0 Å². The van der Waals surface area contributed by atoms with Crippen LogP contribution in [0.3, 0.4) is 0 Å². The van der Waals surface area contributed by atoms with Crippen LogP contribution in [0.5, 0.6) is 5.75 Å². The van der Waals surface area contributed by atoms with Crippen molar-refractivity contribution in [3.05, 3.63) is 54.6 Å². The van der Waals surface area contributed by atoms with Gasteiger partial charge in [0.2, 0.25) is 5.44 Å². The van der Waals surface area contributed by atoms with E-state index in [1.165, 1.54) is 0 Å². The van der Waals surface area contributed by atoms with Gasteiger partial charge in [-0.05, 0) is 38.4 Å². The average molecular weight is 320 g/mol. The third-order valence-corrected chi connectivity index (χ3v) is 5.36. The molecule has 0 bridgehead atoms. The third kappa shape index (κ3) is 2.66. The molecule has 2 aromatic rings. The number of likely N-dealkylation sites (N-methyl/N-ethyl adjacent to an activating group) is 1. The van der Waals surface area contributed by atoms with Crippen LogP contribution in [0.15, 0.2) is 54.6 Å². The van der Waals surface area contributed by atoms with Gasteiger partial charge in [0, 0.05) is 0 Å². The monoisotopic (exact) mass is 320 g/mol. The van der Waals surface area contributed by atoms with Crippen LogP contribution in [0.2, 0.25) is 0 Å². The van der Waals surface area contributed by atoms with E-state index in [4.69, 9.17) is 4.74 Å². The van der Waals surface area contributed by atoms with Gasteiger partial charge in [0.1, 0.15) is 11.4 Å². The summed E-state index contributed by atoms with van der Waals surface area (Å²) in [7, 11) is 0.606. The maximum absolute atomic E-state index is 10.9. The molecule has 2 N–H and O–H groups in total. The Labute approximate surface area is 132 Å². The Hall–Kier alpha value is -1.73. The quantitative estimate of drug-likeness (QED) is 0.901. The summed E-state index contributed by atoms with van der Waals surface area (Å²) in [4.78, 5) is 1.88. The fourth-order valence-corrected chi connectivity index (χ4v) is 4.32. The highest BCUT2D eigenvalue weighted by Gasteiger charge is 2.41. The summed E-state index contributed by atoms with van der Waals surface area (Å²) >= 11 is 0. The molecule has 0 amide bonds. The number of fused-ring (bicyclic) bond motifs is 1. The van der Waals surface area contributed by atoms with Crippen molar-refractivity contribution in [2.75, 3.05) is 24.9 Å². The molecule has 0 spiro atoms. The number of nitrogens with zero attached hydrogens (tertiary/aromatic N) is 2. The van der Waals surface area contributed by atoms with Crippen molar-refractivity contribution in [2.45, 2.75) is 5.44 Å². The zero-order valence-corrected chi connectivity index (χ0v) is 13.4. The number of hydrogen-bond acceptors (Lipinski definition) is 5. The number of benzene rings is 2. The number of ether oxygens (including phenoxy) is 1. The second-order valence-electron chi connectivity index (χ2n) is 5.47. The van der Waals surface area contributed by atoms with Gasteiger partial charge in [0.05, 0.1) is 12.2 Å². The van der Waals surface area contributed by atoms with Crippen LogP contribution >= 0.6 is 10.8 Å². The highest BCUT2D eigenvalue weighted by atomic mass is 32.3.